The monoisotopic (exact) mass is 438 g/mol. The molecule has 4 nitrogen and oxygen atoms in total. The first-order valence-corrected chi connectivity index (χ1v) is 11.9. The van der Waals surface area contributed by atoms with Gasteiger partial charge in [0.2, 0.25) is 0 Å². The molecular weight excluding hydrogens is 408 g/mol. The van der Waals surface area contributed by atoms with Gasteiger partial charge in [0, 0.05) is 47.9 Å². The number of piperidine rings is 1. The Kier molecular flexibility index (Phi) is 4.82. The smallest absolute Gasteiger partial charge is 0.115 e. The lowest BCUT2D eigenvalue weighted by Gasteiger charge is -2.56. The number of hydrogen-bond acceptors (Lipinski definition) is 3. The molecular formula is C29H30N2O2. The standard InChI is InChI=1S/C29H30N2O2/c32-23-10-6-9-22(17-23)28-14-16-31(15-13-21-7-2-1-3-8-21)20-29(28,33)18-25-24-11-4-5-12-26(24)30-27(25)19-28/h1-12,17,30,32-33H,13-16,18-20H2/t28-,29-/m0/s1. The number of nitrogens with zero attached hydrogens (tertiary/aromatic N) is 1. The summed E-state index contributed by atoms with van der Waals surface area (Å²) in [5.41, 5.74) is 4.64. The maximum absolute atomic E-state index is 12.4. The number of hydrogen-bond donors (Lipinski definition) is 3. The van der Waals surface area contributed by atoms with E-state index in [1.807, 2.05) is 12.1 Å². The van der Waals surface area contributed by atoms with Gasteiger partial charge in [-0.05, 0) is 54.3 Å². The first kappa shape index (κ1) is 20.5. The number of likely N-dealkylation sites (tertiary alicyclic amines) is 1. The number of aromatic nitrogens is 1. The van der Waals surface area contributed by atoms with Crippen molar-refractivity contribution in [3.05, 3.63) is 101 Å². The predicted molar refractivity (Wildman–Crippen MR) is 132 cm³/mol. The van der Waals surface area contributed by atoms with E-state index in [1.165, 1.54) is 22.2 Å². The molecule has 1 saturated heterocycles. The van der Waals surface area contributed by atoms with Crippen LogP contribution in [0.2, 0.25) is 0 Å². The Morgan fingerprint density at radius 2 is 1.73 bits per heavy atom. The summed E-state index contributed by atoms with van der Waals surface area (Å²) in [5, 5.41) is 23.9. The Labute approximate surface area is 194 Å². The number of aromatic hydroxyl groups is 1. The molecule has 2 atom stereocenters. The molecule has 0 amide bonds. The second kappa shape index (κ2) is 7.75. The molecule has 2 heterocycles. The Morgan fingerprint density at radius 3 is 2.58 bits per heavy atom. The molecule has 0 saturated carbocycles. The van der Waals surface area contributed by atoms with Gasteiger partial charge in [-0.25, -0.2) is 0 Å². The minimum Gasteiger partial charge on any atom is -0.508 e. The number of nitrogens with one attached hydrogen (secondary N) is 1. The van der Waals surface area contributed by atoms with Gasteiger partial charge in [0.1, 0.15) is 5.75 Å². The second-order valence-corrected chi connectivity index (χ2v) is 9.91. The third-order valence-corrected chi connectivity index (χ3v) is 8.04. The number of rotatable bonds is 4. The van der Waals surface area contributed by atoms with E-state index in [4.69, 9.17) is 0 Å². The molecule has 0 radical (unpaired) electrons. The quantitative estimate of drug-likeness (QED) is 0.437. The lowest BCUT2D eigenvalue weighted by atomic mass is 9.56. The van der Waals surface area contributed by atoms with Crippen molar-refractivity contribution in [1.82, 2.24) is 9.88 Å². The van der Waals surface area contributed by atoms with Crippen LogP contribution in [0.3, 0.4) is 0 Å². The molecule has 1 aliphatic carbocycles. The fourth-order valence-corrected chi connectivity index (χ4v) is 6.30. The number of H-pyrrole nitrogens is 1. The molecule has 168 valence electrons. The number of para-hydroxylation sites is 1. The van der Waals surface area contributed by atoms with Crippen LogP contribution in [0.1, 0.15) is 28.8 Å². The Bertz CT molecular complexity index is 1300. The molecule has 3 N–H and O–H groups in total. The van der Waals surface area contributed by atoms with Gasteiger partial charge in [-0.1, -0.05) is 60.7 Å². The highest BCUT2D eigenvalue weighted by Gasteiger charge is 2.57. The number of phenols is 1. The fourth-order valence-electron chi connectivity index (χ4n) is 6.30. The number of β-amino-alcohol motifs (C(OH)–C–C–N with tert-alkyl or cyclic N) is 1. The zero-order valence-electron chi connectivity index (χ0n) is 18.8. The van der Waals surface area contributed by atoms with Crippen molar-refractivity contribution in [2.75, 3.05) is 19.6 Å². The average molecular weight is 439 g/mol. The summed E-state index contributed by atoms with van der Waals surface area (Å²) in [6.07, 6.45) is 3.21. The van der Waals surface area contributed by atoms with Gasteiger partial charge in [-0.15, -0.1) is 0 Å². The van der Waals surface area contributed by atoms with Gasteiger partial charge in [0.15, 0.2) is 0 Å². The van der Waals surface area contributed by atoms with E-state index in [-0.39, 0.29) is 5.75 Å². The molecule has 0 unspecified atom stereocenters. The third kappa shape index (κ3) is 3.36. The normalized spacial score (nSPS) is 25.0. The number of benzene rings is 3. The zero-order valence-corrected chi connectivity index (χ0v) is 18.8. The summed E-state index contributed by atoms with van der Waals surface area (Å²) in [6.45, 7) is 2.50. The van der Waals surface area contributed by atoms with E-state index in [0.29, 0.717) is 13.0 Å². The number of phenolic OH excluding ortho intramolecular Hbond substituents is 1. The van der Waals surface area contributed by atoms with Crippen molar-refractivity contribution in [3.63, 3.8) is 0 Å². The Balaban J connectivity index is 1.39. The maximum Gasteiger partial charge on any atom is 0.115 e. The molecule has 4 aromatic rings. The van der Waals surface area contributed by atoms with Crippen molar-refractivity contribution < 1.29 is 10.2 Å². The molecule has 1 aliphatic heterocycles. The van der Waals surface area contributed by atoms with Crippen molar-refractivity contribution >= 4 is 10.9 Å². The molecule has 3 aromatic carbocycles. The summed E-state index contributed by atoms with van der Waals surface area (Å²) < 4.78 is 0. The first-order valence-electron chi connectivity index (χ1n) is 11.9. The van der Waals surface area contributed by atoms with Crippen molar-refractivity contribution in [2.24, 2.45) is 0 Å². The summed E-state index contributed by atoms with van der Waals surface area (Å²) in [7, 11) is 0. The van der Waals surface area contributed by atoms with Gasteiger partial charge in [0.25, 0.3) is 0 Å². The van der Waals surface area contributed by atoms with Gasteiger partial charge in [-0.2, -0.15) is 0 Å². The molecule has 1 fully saturated rings. The fraction of sp³-hybridized carbons (Fsp3) is 0.310. The summed E-state index contributed by atoms with van der Waals surface area (Å²) in [6, 6.07) is 26.6. The summed E-state index contributed by atoms with van der Waals surface area (Å²) in [4.78, 5) is 6.07. The molecule has 6 rings (SSSR count). The lowest BCUT2D eigenvalue weighted by molar-refractivity contribution is -0.102. The highest BCUT2D eigenvalue weighted by molar-refractivity contribution is 5.85. The minimum atomic E-state index is -0.909. The van der Waals surface area contributed by atoms with Crippen LogP contribution >= 0.6 is 0 Å². The summed E-state index contributed by atoms with van der Waals surface area (Å²) in [5.74, 6) is 0.262. The highest BCUT2D eigenvalue weighted by atomic mass is 16.3. The van der Waals surface area contributed by atoms with E-state index in [9.17, 15) is 10.2 Å². The number of aromatic amines is 1. The molecule has 0 spiro atoms. The van der Waals surface area contributed by atoms with Crippen LogP contribution in [-0.4, -0.2) is 45.3 Å². The van der Waals surface area contributed by atoms with E-state index in [2.05, 4.69) is 70.5 Å². The van der Waals surface area contributed by atoms with Gasteiger partial charge in [-0.3, -0.25) is 0 Å². The molecule has 2 aliphatic rings. The molecule has 1 aromatic heterocycles. The van der Waals surface area contributed by atoms with Crippen LogP contribution < -0.4 is 0 Å². The van der Waals surface area contributed by atoms with Crippen molar-refractivity contribution in [3.8, 4) is 5.75 Å². The van der Waals surface area contributed by atoms with Gasteiger partial charge >= 0.3 is 0 Å². The van der Waals surface area contributed by atoms with Crippen LogP contribution in [0, 0.1) is 0 Å². The van der Waals surface area contributed by atoms with Crippen molar-refractivity contribution in [2.45, 2.75) is 36.7 Å². The minimum absolute atomic E-state index is 0.262. The molecule has 4 heteroatoms. The zero-order chi connectivity index (χ0) is 22.5. The Morgan fingerprint density at radius 1 is 0.909 bits per heavy atom. The van der Waals surface area contributed by atoms with Crippen LogP contribution in [0.25, 0.3) is 10.9 Å². The summed E-state index contributed by atoms with van der Waals surface area (Å²) >= 11 is 0. The van der Waals surface area contributed by atoms with E-state index in [1.54, 1.807) is 6.07 Å². The van der Waals surface area contributed by atoms with Gasteiger partial charge < -0.3 is 20.1 Å². The predicted octanol–water partition coefficient (Wildman–Crippen LogP) is 4.59. The van der Waals surface area contributed by atoms with E-state index in [0.717, 1.165) is 43.4 Å². The van der Waals surface area contributed by atoms with Gasteiger partial charge in [0.05, 0.1) is 5.60 Å². The largest absolute Gasteiger partial charge is 0.508 e. The highest BCUT2D eigenvalue weighted by Crippen LogP contribution is 2.51. The number of aliphatic hydroxyl groups is 1. The van der Waals surface area contributed by atoms with E-state index < -0.39 is 11.0 Å². The van der Waals surface area contributed by atoms with Crippen LogP contribution in [-0.2, 0) is 24.7 Å². The van der Waals surface area contributed by atoms with Crippen LogP contribution in [0.4, 0.5) is 0 Å². The molecule has 33 heavy (non-hydrogen) atoms. The third-order valence-electron chi connectivity index (χ3n) is 8.04. The second-order valence-electron chi connectivity index (χ2n) is 9.91. The lowest BCUT2D eigenvalue weighted by Crippen LogP contribution is -2.66. The number of fused-ring (bicyclic) bond motifs is 4. The van der Waals surface area contributed by atoms with Crippen LogP contribution in [0.15, 0.2) is 78.9 Å². The molecule has 0 bridgehead atoms. The Hall–Kier alpha value is -3.08. The average Bonchev–Trinajstić information content (AvgIpc) is 3.18. The van der Waals surface area contributed by atoms with Crippen LogP contribution in [0.5, 0.6) is 5.75 Å². The first-order chi connectivity index (χ1) is 16.1. The maximum atomic E-state index is 12.4. The SMILES string of the molecule is Oc1cccc([C@@]23CCN(CCc4ccccc4)C[C@@]2(O)Cc2c([nH]c4ccccc24)C3)c1. The topological polar surface area (TPSA) is 59.5 Å². The van der Waals surface area contributed by atoms with Crippen molar-refractivity contribution in [1.29, 1.82) is 0 Å². The van der Waals surface area contributed by atoms with E-state index >= 15 is 0 Å².